The van der Waals surface area contributed by atoms with E-state index < -0.39 is 0 Å². The van der Waals surface area contributed by atoms with Crippen LogP contribution in [-0.4, -0.2) is 30.5 Å². The molecule has 1 unspecified atom stereocenters. The van der Waals surface area contributed by atoms with Gasteiger partial charge in [-0.2, -0.15) is 0 Å². The van der Waals surface area contributed by atoms with Crippen LogP contribution in [0, 0.1) is 13.8 Å². The summed E-state index contributed by atoms with van der Waals surface area (Å²) in [6.07, 6.45) is 2.31. The number of hydrogen-bond donors (Lipinski definition) is 2. The molecule has 0 saturated carbocycles. The van der Waals surface area contributed by atoms with Crippen molar-refractivity contribution in [3.8, 4) is 0 Å². The van der Waals surface area contributed by atoms with Crippen LogP contribution in [0.1, 0.15) is 34.9 Å². The van der Waals surface area contributed by atoms with Crippen molar-refractivity contribution in [2.45, 2.75) is 32.6 Å². The van der Waals surface area contributed by atoms with Gasteiger partial charge in [-0.15, -0.1) is 11.3 Å². The number of carbonyl (C=O) groups is 1. The minimum atomic E-state index is 0.0990. The average molecular weight is 381 g/mol. The van der Waals surface area contributed by atoms with Gasteiger partial charge in [0.2, 0.25) is 0 Å². The smallest absolute Gasteiger partial charge is 0.279 e. The lowest BCUT2D eigenvalue weighted by atomic mass is 9.99. The Morgan fingerprint density at radius 3 is 2.93 bits per heavy atom. The molecule has 0 radical (unpaired) electrons. The van der Waals surface area contributed by atoms with Crippen LogP contribution in [-0.2, 0) is 4.79 Å². The fraction of sp³-hybridized carbons (Fsp3) is 0.364. The van der Waals surface area contributed by atoms with Crippen molar-refractivity contribution in [1.29, 1.82) is 0 Å². The van der Waals surface area contributed by atoms with Gasteiger partial charge in [-0.1, -0.05) is 29.8 Å². The number of carbonyl (C=O) groups excluding carboxylic acids is 1. The lowest BCUT2D eigenvalue weighted by Gasteiger charge is -2.28. The van der Waals surface area contributed by atoms with E-state index in [0.29, 0.717) is 12.5 Å². The quantitative estimate of drug-likeness (QED) is 0.729. The van der Waals surface area contributed by atoms with Crippen molar-refractivity contribution < 1.29 is 9.69 Å². The molecule has 1 aromatic heterocycles. The van der Waals surface area contributed by atoms with E-state index in [-0.39, 0.29) is 5.91 Å². The number of thiazole rings is 1. The van der Waals surface area contributed by atoms with Crippen LogP contribution in [0.15, 0.2) is 42.5 Å². The molecule has 4 rings (SSSR count). The minimum absolute atomic E-state index is 0.0990. The molecule has 1 amide bonds. The highest BCUT2D eigenvalue weighted by atomic mass is 32.1. The summed E-state index contributed by atoms with van der Waals surface area (Å²) < 4.78 is 1.26. The maximum Gasteiger partial charge on any atom is 0.279 e. The van der Waals surface area contributed by atoms with Crippen LogP contribution in [0.4, 0.5) is 5.69 Å². The molecular formula is C22H26N3OS+. The maximum absolute atomic E-state index is 12.6. The second kappa shape index (κ2) is 7.79. The summed E-state index contributed by atoms with van der Waals surface area (Å²) in [6.45, 7) is 6.68. The summed E-state index contributed by atoms with van der Waals surface area (Å²) in [5.41, 5.74) is 4.34. The summed E-state index contributed by atoms with van der Waals surface area (Å²) in [7, 11) is 0. The molecular weight excluding hydrogens is 354 g/mol. The van der Waals surface area contributed by atoms with Crippen molar-refractivity contribution in [2.24, 2.45) is 0 Å². The molecule has 5 heteroatoms. The number of amides is 1. The largest absolute Gasteiger partial charge is 0.327 e. The fourth-order valence-corrected chi connectivity index (χ4v) is 5.06. The van der Waals surface area contributed by atoms with Gasteiger partial charge in [-0.3, -0.25) is 4.79 Å². The maximum atomic E-state index is 12.6. The fourth-order valence-electron chi connectivity index (χ4n) is 3.96. The summed E-state index contributed by atoms with van der Waals surface area (Å²) in [5, 5.41) is 4.31. The Morgan fingerprint density at radius 2 is 2.11 bits per heavy atom. The predicted molar refractivity (Wildman–Crippen MR) is 112 cm³/mol. The summed E-state index contributed by atoms with van der Waals surface area (Å²) in [6, 6.07) is 14.5. The van der Waals surface area contributed by atoms with Gasteiger partial charge >= 0.3 is 0 Å². The highest BCUT2D eigenvalue weighted by molar-refractivity contribution is 7.18. The number of nitrogens with one attached hydrogen (secondary N) is 2. The standard InChI is InChI=1S/C22H25N3OS/c1-15-9-10-18(16(2)12-15)23-21(26)14-25-11-5-6-17(13-25)22-24-19-7-3-4-8-20(19)27-22/h3-4,7-10,12,17H,5-6,11,13-14H2,1-2H3,(H,23,26)/p+1/t17-/m0/s1. The van der Waals surface area contributed by atoms with E-state index in [1.165, 1.54) is 26.6 Å². The number of likely N-dealkylation sites (tertiary alicyclic amines) is 1. The Bertz CT molecular complexity index is 932. The number of aryl methyl sites for hydroxylation is 2. The Labute approximate surface area is 164 Å². The van der Waals surface area contributed by atoms with Crippen LogP contribution in [0.2, 0.25) is 0 Å². The van der Waals surface area contributed by atoms with Crippen LogP contribution >= 0.6 is 11.3 Å². The normalized spacial score (nSPS) is 19.9. The zero-order chi connectivity index (χ0) is 18.8. The number of para-hydroxylation sites is 1. The van der Waals surface area contributed by atoms with Gasteiger partial charge in [0.25, 0.3) is 5.91 Å². The second-order valence-corrected chi connectivity index (χ2v) is 8.67. The first-order valence-electron chi connectivity index (χ1n) is 9.64. The van der Waals surface area contributed by atoms with E-state index in [4.69, 9.17) is 4.98 Å². The molecule has 1 saturated heterocycles. The third-order valence-electron chi connectivity index (χ3n) is 5.34. The molecule has 2 aromatic carbocycles. The Morgan fingerprint density at radius 1 is 1.26 bits per heavy atom. The molecule has 27 heavy (non-hydrogen) atoms. The average Bonchev–Trinajstić information content (AvgIpc) is 3.08. The number of anilines is 1. The predicted octanol–water partition coefficient (Wildman–Crippen LogP) is 3.31. The molecule has 2 atom stereocenters. The molecule has 1 fully saturated rings. The lowest BCUT2D eigenvalue weighted by molar-refractivity contribution is -0.898. The zero-order valence-corrected chi connectivity index (χ0v) is 16.7. The van der Waals surface area contributed by atoms with Crippen LogP contribution in [0.5, 0.6) is 0 Å². The van der Waals surface area contributed by atoms with E-state index in [2.05, 4.69) is 36.5 Å². The number of benzene rings is 2. The van der Waals surface area contributed by atoms with Crippen molar-refractivity contribution in [1.82, 2.24) is 4.98 Å². The van der Waals surface area contributed by atoms with Gasteiger partial charge in [0.1, 0.15) is 5.01 Å². The van der Waals surface area contributed by atoms with Gasteiger partial charge in [0, 0.05) is 5.69 Å². The highest BCUT2D eigenvalue weighted by Crippen LogP contribution is 2.30. The van der Waals surface area contributed by atoms with Crippen molar-refractivity contribution >= 4 is 33.1 Å². The molecule has 1 aliphatic heterocycles. The van der Waals surface area contributed by atoms with E-state index in [0.717, 1.165) is 36.3 Å². The first kappa shape index (κ1) is 18.1. The third kappa shape index (κ3) is 4.20. The van der Waals surface area contributed by atoms with Gasteiger partial charge in [0.05, 0.1) is 29.2 Å². The molecule has 2 heterocycles. The summed E-state index contributed by atoms with van der Waals surface area (Å²) in [5.74, 6) is 0.557. The molecule has 140 valence electrons. The van der Waals surface area contributed by atoms with Gasteiger partial charge in [-0.25, -0.2) is 4.98 Å². The number of nitrogens with zero attached hydrogens (tertiary/aromatic N) is 1. The van der Waals surface area contributed by atoms with Gasteiger partial charge in [-0.05, 0) is 50.5 Å². The van der Waals surface area contributed by atoms with Crippen LogP contribution < -0.4 is 10.2 Å². The van der Waals surface area contributed by atoms with Gasteiger partial charge in [0.15, 0.2) is 6.54 Å². The topological polar surface area (TPSA) is 46.4 Å². The molecule has 2 N–H and O–H groups in total. The molecule has 0 spiro atoms. The minimum Gasteiger partial charge on any atom is -0.327 e. The molecule has 3 aromatic rings. The first-order valence-corrected chi connectivity index (χ1v) is 10.5. The molecule has 4 nitrogen and oxygen atoms in total. The second-order valence-electron chi connectivity index (χ2n) is 7.61. The molecule has 1 aliphatic rings. The van der Waals surface area contributed by atoms with Gasteiger partial charge < -0.3 is 10.2 Å². The number of piperidine rings is 1. The Hall–Kier alpha value is -2.24. The number of fused-ring (bicyclic) bond motifs is 1. The number of quaternary nitrogens is 1. The lowest BCUT2D eigenvalue weighted by Crippen LogP contribution is -3.14. The third-order valence-corrected chi connectivity index (χ3v) is 6.54. The SMILES string of the molecule is Cc1ccc(NC(=O)C[NH+]2CCC[C@H](c3nc4ccccc4s3)C2)c(C)c1. The molecule has 0 bridgehead atoms. The van der Waals surface area contributed by atoms with E-state index in [9.17, 15) is 4.79 Å². The van der Waals surface area contributed by atoms with Crippen LogP contribution in [0.25, 0.3) is 10.2 Å². The van der Waals surface area contributed by atoms with E-state index in [1.807, 2.05) is 25.1 Å². The Balaban J connectivity index is 1.40. The Kier molecular flexibility index (Phi) is 5.23. The van der Waals surface area contributed by atoms with Crippen molar-refractivity contribution in [3.05, 3.63) is 58.6 Å². The number of aromatic nitrogens is 1. The summed E-state index contributed by atoms with van der Waals surface area (Å²) >= 11 is 1.81. The highest BCUT2D eigenvalue weighted by Gasteiger charge is 2.28. The van der Waals surface area contributed by atoms with Crippen LogP contribution in [0.3, 0.4) is 0 Å². The number of hydrogen-bond acceptors (Lipinski definition) is 3. The van der Waals surface area contributed by atoms with E-state index in [1.54, 1.807) is 11.3 Å². The van der Waals surface area contributed by atoms with Crippen molar-refractivity contribution in [2.75, 3.05) is 25.0 Å². The summed E-state index contributed by atoms with van der Waals surface area (Å²) in [4.78, 5) is 18.8. The monoisotopic (exact) mass is 380 g/mol. The molecule has 0 aliphatic carbocycles. The number of rotatable bonds is 4. The first-order chi connectivity index (χ1) is 13.1. The zero-order valence-electron chi connectivity index (χ0n) is 15.9. The van der Waals surface area contributed by atoms with Crippen molar-refractivity contribution in [3.63, 3.8) is 0 Å². The van der Waals surface area contributed by atoms with E-state index >= 15 is 0 Å².